The number of hydrogen-bond donors (Lipinski definition) is 2. The molecule has 3 nitrogen and oxygen atoms in total. The quantitative estimate of drug-likeness (QED) is 0.836. The third-order valence-corrected chi connectivity index (χ3v) is 3.01. The average Bonchev–Trinajstić information content (AvgIpc) is 2.22. The van der Waals surface area contributed by atoms with E-state index in [0.717, 1.165) is 5.39 Å². The van der Waals surface area contributed by atoms with Gasteiger partial charge in [-0.15, -0.1) is 0 Å². The molecule has 0 saturated carbocycles. The minimum Gasteiger partial charge on any atom is -0.465 e. The van der Waals surface area contributed by atoms with Crippen molar-refractivity contribution in [3.8, 4) is 0 Å². The van der Waals surface area contributed by atoms with Crippen molar-refractivity contribution in [3.05, 3.63) is 40.6 Å². The molecule has 0 aromatic heterocycles. The lowest BCUT2D eigenvalue weighted by molar-refractivity contribution is 0.209. The number of halogens is 2. The normalized spacial score (nSPS) is 10.4. The van der Waals surface area contributed by atoms with Gasteiger partial charge in [0.05, 0.1) is 5.69 Å². The number of fused-ring (bicyclic) bond motifs is 1. The minimum absolute atomic E-state index is 0.321. The van der Waals surface area contributed by atoms with E-state index in [0.29, 0.717) is 15.5 Å². The number of carbonyl (C=O) groups is 1. The van der Waals surface area contributed by atoms with Gasteiger partial charge in [0.25, 0.3) is 0 Å². The monoisotopic (exact) mass is 283 g/mol. The Balaban J connectivity index is 2.60. The third kappa shape index (κ3) is 1.99. The highest BCUT2D eigenvalue weighted by molar-refractivity contribution is 9.10. The Labute approximate surface area is 99.0 Å². The van der Waals surface area contributed by atoms with Crippen molar-refractivity contribution in [1.82, 2.24) is 0 Å². The van der Waals surface area contributed by atoms with Crippen molar-refractivity contribution in [2.45, 2.75) is 0 Å². The molecule has 0 aliphatic heterocycles. The van der Waals surface area contributed by atoms with Crippen LogP contribution in [0.4, 0.5) is 14.9 Å². The van der Waals surface area contributed by atoms with E-state index in [4.69, 9.17) is 5.11 Å². The SMILES string of the molecule is O=C(O)Nc1ccc2cc(F)ccc2c1Br. The van der Waals surface area contributed by atoms with Crippen LogP contribution in [0.25, 0.3) is 10.8 Å². The van der Waals surface area contributed by atoms with Gasteiger partial charge in [-0.25, -0.2) is 9.18 Å². The van der Waals surface area contributed by atoms with Gasteiger partial charge in [-0.3, -0.25) is 5.32 Å². The second-order valence-electron chi connectivity index (χ2n) is 3.22. The van der Waals surface area contributed by atoms with Crippen molar-refractivity contribution < 1.29 is 14.3 Å². The Hall–Kier alpha value is -1.62. The van der Waals surface area contributed by atoms with Crippen LogP contribution in [0, 0.1) is 5.82 Å². The summed E-state index contributed by atoms with van der Waals surface area (Å²) in [5.74, 6) is -0.321. The summed E-state index contributed by atoms with van der Waals surface area (Å²) in [4.78, 5) is 10.5. The van der Waals surface area contributed by atoms with Crippen molar-refractivity contribution in [1.29, 1.82) is 0 Å². The molecule has 5 heteroatoms. The lowest BCUT2D eigenvalue weighted by Crippen LogP contribution is -2.07. The molecule has 0 bridgehead atoms. The van der Waals surface area contributed by atoms with Crippen LogP contribution in [0.2, 0.25) is 0 Å². The summed E-state index contributed by atoms with van der Waals surface area (Å²) in [6.45, 7) is 0. The first-order valence-electron chi connectivity index (χ1n) is 4.45. The van der Waals surface area contributed by atoms with Gasteiger partial charge in [0, 0.05) is 4.47 Å². The molecule has 2 N–H and O–H groups in total. The molecular formula is C11H7BrFNO2. The Morgan fingerprint density at radius 2 is 2.06 bits per heavy atom. The summed E-state index contributed by atoms with van der Waals surface area (Å²) in [5, 5.41) is 12.3. The fourth-order valence-corrected chi connectivity index (χ4v) is 2.07. The first-order valence-corrected chi connectivity index (χ1v) is 5.25. The number of nitrogens with one attached hydrogen (secondary N) is 1. The van der Waals surface area contributed by atoms with Crippen molar-refractivity contribution in [2.75, 3.05) is 5.32 Å². The molecule has 2 aromatic carbocycles. The van der Waals surface area contributed by atoms with Crippen LogP contribution in [0.1, 0.15) is 0 Å². The zero-order valence-electron chi connectivity index (χ0n) is 8.00. The Bertz CT molecular complexity index is 571. The van der Waals surface area contributed by atoms with Crippen LogP contribution in [-0.2, 0) is 0 Å². The molecule has 0 saturated heterocycles. The zero-order valence-corrected chi connectivity index (χ0v) is 9.58. The lowest BCUT2D eigenvalue weighted by atomic mass is 10.1. The van der Waals surface area contributed by atoms with Crippen LogP contribution in [0.3, 0.4) is 0 Å². The van der Waals surface area contributed by atoms with Crippen molar-refractivity contribution in [2.24, 2.45) is 0 Å². The van der Waals surface area contributed by atoms with E-state index in [1.165, 1.54) is 12.1 Å². The predicted molar refractivity (Wildman–Crippen MR) is 63.3 cm³/mol. The Kier molecular flexibility index (Phi) is 2.78. The molecule has 82 valence electrons. The summed E-state index contributed by atoms with van der Waals surface area (Å²) in [6.07, 6.45) is -1.14. The molecule has 0 aliphatic rings. The van der Waals surface area contributed by atoms with Gasteiger partial charge >= 0.3 is 6.09 Å². The third-order valence-electron chi connectivity index (χ3n) is 2.16. The van der Waals surface area contributed by atoms with Gasteiger partial charge in [-0.05, 0) is 44.9 Å². The summed E-state index contributed by atoms with van der Waals surface area (Å²) in [7, 11) is 0. The lowest BCUT2D eigenvalue weighted by Gasteiger charge is -2.07. The second-order valence-corrected chi connectivity index (χ2v) is 4.02. The fraction of sp³-hybridized carbons (Fsp3) is 0. The van der Waals surface area contributed by atoms with Crippen molar-refractivity contribution >= 4 is 38.5 Å². The van der Waals surface area contributed by atoms with E-state index < -0.39 is 6.09 Å². The average molecular weight is 284 g/mol. The van der Waals surface area contributed by atoms with E-state index in [1.807, 2.05) is 0 Å². The molecule has 0 fully saturated rings. The van der Waals surface area contributed by atoms with E-state index >= 15 is 0 Å². The van der Waals surface area contributed by atoms with E-state index in [1.54, 1.807) is 18.2 Å². The largest absolute Gasteiger partial charge is 0.465 e. The summed E-state index contributed by atoms with van der Waals surface area (Å²) < 4.78 is 13.6. The van der Waals surface area contributed by atoms with E-state index in [2.05, 4.69) is 21.2 Å². The number of rotatable bonds is 1. The Morgan fingerprint density at radius 3 is 2.75 bits per heavy atom. The van der Waals surface area contributed by atoms with Crippen LogP contribution < -0.4 is 5.32 Å². The number of benzene rings is 2. The molecule has 1 amide bonds. The maximum atomic E-state index is 13.0. The Morgan fingerprint density at radius 1 is 1.31 bits per heavy atom. The van der Waals surface area contributed by atoms with Gasteiger partial charge < -0.3 is 5.11 Å². The number of carboxylic acid groups (broad SMARTS) is 1. The highest BCUT2D eigenvalue weighted by Gasteiger charge is 2.07. The number of hydrogen-bond acceptors (Lipinski definition) is 1. The van der Waals surface area contributed by atoms with E-state index in [-0.39, 0.29) is 5.82 Å². The minimum atomic E-state index is -1.14. The van der Waals surface area contributed by atoms with E-state index in [9.17, 15) is 9.18 Å². The van der Waals surface area contributed by atoms with Gasteiger partial charge in [0.15, 0.2) is 0 Å². The first-order chi connectivity index (χ1) is 7.58. The standard InChI is InChI=1S/C11H7BrFNO2/c12-10-8-3-2-7(13)5-6(8)1-4-9(10)14-11(15)16/h1-5,14H,(H,15,16). The molecule has 2 rings (SSSR count). The van der Waals surface area contributed by atoms with Gasteiger partial charge in [-0.2, -0.15) is 0 Å². The second kappa shape index (κ2) is 4.09. The summed E-state index contributed by atoms with van der Waals surface area (Å²) in [6, 6.07) is 7.57. The topological polar surface area (TPSA) is 49.3 Å². The highest BCUT2D eigenvalue weighted by Crippen LogP contribution is 2.31. The van der Waals surface area contributed by atoms with Crippen LogP contribution in [0.15, 0.2) is 34.8 Å². The fourth-order valence-electron chi connectivity index (χ4n) is 1.47. The highest BCUT2D eigenvalue weighted by atomic mass is 79.9. The number of amides is 1. The molecule has 0 aliphatic carbocycles. The predicted octanol–water partition coefficient (Wildman–Crippen LogP) is 3.83. The zero-order chi connectivity index (χ0) is 11.7. The van der Waals surface area contributed by atoms with Gasteiger partial charge in [-0.1, -0.05) is 12.1 Å². The maximum absolute atomic E-state index is 13.0. The first kappa shape index (κ1) is 10.9. The number of anilines is 1. The van der Waals surface area contributed by atoms with Crippen LogP contribution in [0.5, 0.6) is 0 Å². The molecule has 2 aromatic rings. The molecule has 16 heavy (non-hydrogen) atoms. The van der Waals surface area contributed by atoms with Crippen LogP contribution in [-0.4, -0.2) is 11.2 Å². The van der Waals surface area contributed by atoms with Crippen LogP contribution >= 0.6 is 15.9 Å². The van der Waals surface area contributed by atoms with Crippen molar-refractivity contribution in [3.63, 3.8) is 0 Å². The van der Waals surface area contributed by atoms with Gasteiger partial charge in [0.1, 0.15) is 5.82 Å². The molecule has 0 unspecified atom stereocenters. The van der Waals surface area contributed by atoms with Gasteiger partial charge in [0.2, 0.25) is 0 Å². The smallest absolute Gasteiger partial charge is 0.409 e. The summed E-state index contributed by atoms with van der Waals surface area (Å²) >= 11 is 3.29. The maximum Gasteiger partial charge on any atom is 0.409 e. The summed E-state index contributed by atoms with van der Waals surface area (Å²) in [5.41, 5.74) is 0.437. The molecular weight excluding hydrogens is 277 g/mol. The molecule has 0 spiro atoms. The molecule has 0 radical (unpaired) electrons. The molecule has 0 atom stereocenters. The molecule has 0 heterocycles.